The number of Topliss-reactive ketones (excluding diaryl/α,β-unsaturated/α-hetero) is 1. The zero-order chi connectivity index (χ0) is 16.4. The van der Waals surface area contributed by atoms with Crippen molar-refractivity contribution < 1.29 is 23.7 Å². The Labute approximate surface area is 134 Å². The van der Waals surface area contributed by atoms with Crippen LogP contribution in [0.1, 0.15) is 28.4 Å². The zero-order valence-electron chi connectivity index (χ0n) is 13.3. The van der Waals surface area contributed by atoms with Gasteiger partial charge in [0.05, 0.1) is 27.8 Å². The second-order valence-corrected chi connectivity index (χ2v) is 5.18. The number of ketones is 1. The Morgan fingerprint density at radius 2 is 1.70 bits per heavy atom. The molecule has 1 unspecified atom stereocenters. The minimum atomic E-state index is -0.320. The van der Waals surface area contributed by atoms with Crippen LogP contribution in [0.25, 0.3) is 0 Å². The molecular weight excluding hydrogens is 296 g/mol. The van der Waals surface area contributed by atoms with Crippen LogP contribution in [0.5, 0.6) is 23.0 Å². The minimum absolute atomic E-state index is 0.0252. The first-order valence-electron chi connectivity index (χ1n) is 7.26. The summed E-state index contributed by atoms with van der Waals surface area (Å²) in [7, 11) is 4.67. The molecular formula is C18H18O5. The van der Waals surface area contributed by atoms with E-state index in [1.807, 2.05) is 24.3 Å². The monoisotopic (exact) mass is 314 g/mol. The molecule has 120 valence electrons. The van der Waals surface area contributed by atoms with Gasteiger partial charge in [0.15, 0.2) is 17.3 Å². The van der Waals surface area contributed by atoms with Crippen molar-refractivity contribution in [2.75, 3.05) is 21.3 Å². The molecule has 0 saturated carbocycles. The highest BCUT2D eigenvalue weighted by molar-refractivity contribution is 6.03. The van der Waals surface area contributed by atoms with Crippen molar-refractivity contribution in [2.24, 2.45) is 0 Å². The lowest BCUT2D eigenvalue weighted by Gasteiger charge is -2.27. The van der Waals surface area contributed by atoms with Crippen LogP contribution >= 0.6 is 0 Å². The summed E-state index contributed by atoms with van der Waals surface area (Å²) in [6, 6.07) is 11.0. The van der Waals surface area contributed by atoms with Crippen LogP contribution in [0.15, 0.2) is 36.4 Å². The summed E-state index contributed by atoms with van der Waals surface area (Å²) in [5.74, 6) is 2.19. The molecule has 3 rings (SSSR count). The Morgan fingerprint density at radius 1 is 0.957 bits per heavy atom. The third-order valence-electron chi connectivity index (χ3n) is 3.91. The van der Waals surface area contributed by atoms with Gasteiger partial charge >= 0.3 is 0 Å². The quantitative estimate of drug-likeness (QED) is 0.865. The molecule has 0 fully saturated rings. The number of rotatable bonds is 4. The number of ether oxygens (including phenoxy) is 4. The van der Waals surface area contributed by atoms with E-state index in [1.165, 1.54) is 7.11 Å². The lowest BCUT2D eigenvalue weighted by atomic mass is 9.95. The normalized spacial score (nSPS) is 16.3. The molecule has 0 aromatic heterocycles. The van der Waals surface area contributed by atoms with Gasteiger partial charge in [-0.1, -0.05) is 12.1 Å². The van der Waals surface area contributed by atoms with Crippen molar-refractivity contribution in [2.45, 2.75) is 12.5 Å². The van der Waals surface area contributed by atoms with E-state index in [1.54, 1.807) is 26.4 Å². The fraction of sp³-hybridized carbons (Fsp3) is 0.278. The van der Waals surface area contributed by atoms with Crippen molar-refractivity contribution >= 4 is 5.78 Å². The predicted octanol–water partition coefficient (Wildman–Crippen LogP) is 3.42. The van der Waals surface area contributed by atoms with Crippen molar-refractivity contribution in [3.63, 3.8) is 0 Å². The number of benzene rings is 2. The molecule has 1 atom stereocenters. The van der Waals surface area contributed by atoms with Gasteiger partial charge in [-0.05, 0) is 29.8 Å². The predicted molar refractivity (Wildman–Crippen MR) is 84.9 cm³/mol. The highest BCUT2D eigenvalue weighted by Gasteiger charge is 2.32. The van der Waals surface area contributed by atoms with Crippen LogP contribution in [0.4, 0.5) is 0 Å². The summed E-state index contributed by atoms with van der Waals surface area (Å²) >= 11 is 0. The van der Waals surface area contributed by atoms with Crippen LogP contribution in [-0.2, 0) is 0 Å². The molecule has 0 radical (unpaired) electrons. The summed E-state index contributed by atoms with van der Waals surface area (Å²) < 4.78 is 21.7. The number of methoxy groups -OCH3 is 3. The summed E-state index contributed by atoms with van der Waals surface area (Å²) in [5.41, 5.74) is 1.37. The second-order valence-electron chi connectivity index (χ2n) is 5.18. The maximum Gasteiger partial charge on any atom is 0.175 e. The van der Waals surface area contributed by atoms with Gasteiger partial charge in [0, 0.05) is 0 Å². The molecule has 1 heterocycles. The van der Waals surface area contributed by atoms with Gasteiger partial charge in [-0.25, -0.2) is 0 Å². The minimum Gasteiger partial charge on any atom is -0.497 e. The lowest BCUT2D eigenvalue weighted by Crippen LogP contribution is -2.21. The highest BCUT2D eigenvalue weighted by atomic mass is 16.5. The third kappa shape index (κ3) is 2.70. The largest absolute Gasteiger partial charge is 0.497 e. The number of fused-ring (bicyclic) bond motifs is 1. The Hall–Kier alpha value is -2.69. The van der Waals surface area contributed by atoms with Crippen molar-refractivity contribution in [3.8, 4) is 23.0 Å². The Kier molecular flexibility index (Phi) is 4.10. The van der Waals surface area contributed by atoms with E-state index in [0.29, 0.717) is 22.8 Å². The molecule has 0 aliphatic carbocycles. The molecule has 0 amide bonds. The third-order valence-corrected chi connectivity index (χ3v) is 3.91. The van der Waals surface area contributed by atoms with Crippen molar-refractivity contribution in [1.29, 1.82) is 0 Å². The standard InChI is InChI=1S/C18H18O5/c1-20-12-6-4-11(5-7-12)16-10-13(19)17-14(23-16)8-9-15(21-2)18(17)22-3/h4-9,16H,10H2,1-3H3. The van der Waals surface area contributed by atoms with E-state index in [0.717, 1.165) is 11.3 Å². The Balaban J connectivity index is 1.96. The molecule has 23 heavy (non-hydrogen) atoms. The van der Waals surface area contributed by atoms with Crippen LogP contribution in [0.3, 0.4) is 0 Å². The molecule has 0 spiro atoms. The van der Waals surface area contributed by atoms with Crippen LogP contribution in [0.2, 0.25) is 0 Å². The average molecular weight is 314 g/mol. The zero-order valence-corrected chi connectivity index (χ0v) is 13.3. The Bertz CT molecular complexity index is 721. The average Bonchev–Trinajstić information content (AvgIpc) is 2.60. The fourth-order valence-corrected chi connectivity index (χ4v) is 2.74. The van der Waals surface area contributed by atoms with E-state index >= 15 is 0 Å². The van der Waals surface area contributed by atoms with Crippen LogP contribution in [-0.4, -0.2) is 27.1 Å². The van der Waals surface area contributed by atoms with Gasteiger partial charge in [0.1, 0.15) is 23.2 Å². The number of carbonyl (C=O) groups is 1. The first-order chi connectivity index (χ1) is 11.2. The molecule has 0 N–H and O–H groups in total. The second kappa shape index (κ2) is 6.20. The molecule has 0 saturated heterocycles. The maximum absolute atomic E-state index is 12.6. The molecule has 1 aliphatic heterocycles. The van der Waals surface area contributed by atoms with Gasteiger partial charge in [-0.15, -0.1) is 0 Å². The number of hydrogen-bond donors (Lipinski definition) is 0. The van der Waals surface area contributed by atoms with E-state index in [4.69, 9.17) is 18.9 Å². The summed E-state index contributed by atoms with van der Waals surface area (Å²) in [5, 5.41) is 0. The topological polar surface area (TPSA) is 54.0 Å². The Morgan fingerprint density at radius 3 is 2.30 bits per heavy atom. The molecule has 2 aromatic rings. The van der Waals surface area contributed by atoms with Crippen molar-refractivity contribution in [3.05, 3.63) is 47.5 Å². The van der Waals surface area contributed by atoms with Crippen LogP contribution < -0.4 is 18.9 Å². The number of hydrogen-bond acceptors (Lipinski definition) is 5. The van der Waals surface area contributed by atoms with Gasteiger partial charge in [-0.3, -0.25) is 4.79 Å². The number of carbonyl (C=O) groups excluding carboxylic acids is 1. The van der Waals surface area contributed by atoms with E-state index in [-0.39, 0.29) is 18.3 Å². The lowest BCUT2D eigenvalue weighted by molar-refractivity contribution is 0.0843. The fourth-order valence-electron chi connectivity index (χ4n) is 2.74. The van der Waals surface area contributed by atoms with E-state index < -0.39 is 0 Å². The molecule has 5 nitrogen and oxygen atoms in total. The van der Waals surface area contributed by atoms with E-state index in [2.05, 4.69) is 0 Å². The SMILES string of the molecule is COc1ccc(C2CC(=O)c3c(ccc(OC)c3OC)O2)cc1. The summed E-state index contributed by atoms with van der Waals surface area (Å²) in [6.07, 6.45) is -0.0675. The van der Waals surface area contributed by atoms with Gasteiger partial charge in [0.25, 0.3) is 0 Å². The van der Waals surface area contributed by atoms with E-state index in [9.17, 15) is 4.79 Å². The summed E-state index contributed by atoms with van der Waals surface area (Å²) in [4.78, 5) is 12.6. The summed E-state index contributed by atoms with van der Waals surface area (Å²) in [6.45, 7) is 0. The van der Waals surface area contributed by atoms with Crippen molar-refractivity contribution in [1.82, 2.24) is 0 Å². The van der Waals surface area contributed by atoms with Gasteiger partial charge in [0.2, 0.25) is 0 Å². The smallest absolute Gasteiger partial charge is 0.175 e. The van der Waals surface area contributed by atoms with Crippen LogP contribution in [0, 0.1) is 0 Å². The molecule has 1 aliphatic rings. The molecule has 5 heteroatoms. The maximum atomic E-state index is 12.6. The first kappa shape index (κ1) is 15.2. The van der Waals surface area contributed by atoms with Gasteiger partial charge < -0.3 is 18.9 Å². The van der Waals surface area contributed by atoms with Gasteiger partial charge in [-0.2, -0.15) is 0 Å². The highest BCUT2D eigenvalue weighted by Crippen LogP contribution is 2.43. The molecule has 0 bridgehead atoms. The first-order valence-corrected chi connectivity index (χ1v) is 7.26. The molecule has 2 aromatic carbocycles.